The van der Waals surface area contributed by atoms with Gasteiger partial charge in [0.15, 0.2) is 0 Å². The number of hydrogen-bond donors (Lipinski definition) is 0. The van der Waals surface area contributed by atoms with Crippen LogP contribution in [0.2, 0.25) is 0 Å². The summed E-state index contributed by atoms with van der Waals surface area (Å²) in [6.07, 6.45) is 7.67. The van der Waals surface area contributed by atoms with Crippen LogP contribution in [0, 0.1) is 0 Å². The number of ether oxygens (including phenoxy) is 1. The molecule has 4 heteroatoms. The van der Waals surface area contributed by atoms with Crippen LogP contribution in [0.3, 0.4) is 0 Å². The SMILES string of the molecule is CCCCCCCCOc1ccc(-n2nc3ccccc3n2)cc1. The Morgan fingerprint density at radius 2 is 1.42 bits per heavy atom. The first-order chi connectivity index (χ1) is 11.9. The number of rotatable bonds is 9. The lowest BCUT2D eigenvalue weighted by molar-refractivity contribution is 0.304. The van der Waals surface area contributed by atoms with E-state index in [1.807, 2.05) is 48.5 Å². The van der Waals surface area contributed by atoms with Gasteiger partial charge < -0.3 is 4.74 Å². The highest BCUT2D eigenvalue weighted by molar-refractivity contribution is 5.73. The minimum Gasteiger partial charge on any atom is -0.494 e. The first kappa shape index (κ1) is 16.5. The molecular weight excluding hydrogens is 298 g/mol. The number of hydrogen-bond acceptors (Lipinski definition) is 3. The molecule has 0 fully saturated rings. The molecule has 0 bridgehead atoms. The van der Waals surface area contributed by atoms with Crippen molar-refractivity contribution in [2.75, 3.05) is 6.61 Å². The average Bonchev–Trinajstić information content (AvgIpc) is 3.05. The van der Waals surface area contributed by atoms with E-state index in [1.165, 1.54) is 32.1 Å². The molecule has 0 N–H and O–H groups in total. The highest BCUT2D eigenvalue weighted by Gasteiger charge is 2.04. The molecule has 3 aromatic rings. The maximum absolute atomic E-state index is 5.81. The molecule has 0 spiro atoms. The Hall–Kier alpha value is -2.36. The molecule has 1 aromatic heterocycles. The molecule has 24 heavy (non-hydrogen) atoms. The predicted octanol–water partition coefficient (Wildman–Crippen LogP) is 5.16. The Bertz CT molecular complexity index is 716. The van der Waals surface area contributed by atoms with Crippen molar-refractivity contribution < 1.29 is 4.74 Å². The summed E-state index contributed by atoms with van der Waals surface area (Å²) in [4.78, 5) is 1.67. The Morgan fingerprint density at radius 3 is 2.08 bits per heavy atom. The zero-order valence-corrected chi connectivity index (χ0v) is 14.3. The second-order valence-corrected chi connectivity index (χ2v) is 6.09. The van der Waals surface area contributed by atoms with Gasteiger partial charge in [0.25, 0.3) is 0 Å². The van der Waals surface area contributed by atoms with E-state index in [2.05, 4.69) is 17.1 Å². The number of benzene rings is 2. The monoisotopic (exact) mass is 323 g/mol. The van der Waals surface area contributed by atoms with Crippen molar-refractivity contribution in [2.45, 2.75) is 45.4 Å². The molecule has 0 atom stereocenters. The zero-order chi connectivity index (χ0) is 16.6. The maximum Gasteiger partial charge on any atom is 0.119 e. The molecule has 0 amide bonds. The fourth-order valence-electron chi connectivity index (χ4n) is 2.72. The lowest BCUT2D eigenvalue weighted by Gasteiger charge is -2.07. The minimum absolute atomic E-state index is 0.787. The van der Waals surface area contributed by atoms with Crippen LogP contribution in [0.4, 0.5) is 0 Å². The Morgan fingerprint density at radius 1 is 0.792 bits per heavy atom. The molecule has 0 saturated carbocycles. The molecule has 0 aliphatic heterocycles. The van der Waals surface area contributed by atoms with E-state index in [0.717, 1.165) is 35.5 Å². The van der Waals surface area contributed by atoms with Gasteiger partial charge in [0.2, 0.25) is 0 Å². The van der Waals surface area contributed by atoms with Crippen LogP contribution in [-0.2, 0) is 0 Å². The molecule has 3 rings (SSSR count). The van der Waals surface area contributed by atoms with Crippen LogP contribution < -0.4 is 4.74 Å². The van der Waals surface area contributed by atoms with Gasteiger partial charge in [-0.3, -0.25) is 0 Å². The molecule has 126 valence electrons. The third-order valence-corrected chi connectivity index (χ3v) is 4.12. The van der Waals surface area contributed by atoms with Crippen molar-refractivity contribution in [1.82, 2.24) is 15.0 Å². The minimum atomic E-state index is 0.787. The number of unbranched alkanes of at least 4 members (excludes halogenated alkanes) is 5. The Balaban J connectivity index is 1.50. The second-order valence-electron chi connectivity index (χ2n) is 6.09. The van der Waals surface area contributed by atoms with E-state index in [4.69, 9.17) is 4.74 Å². The maximum atomic E-state index is 5.81. The van der Waals surface area contributed by atoms with Crippen LogP contribution in [0.25, 0.3) is 16.7 Å². The van der Waals surface area contributed by atoms with Gasteiger partial charge in [0.1, 0.15) is 16.8 Å². The van der Waals surface area contributed by atoms with Crippen LogP contribution in [-0.4, -0.2) is 21.6 Å². The van der Waals surface area contributed by atoms with Gasteiger partial charge in [-0.25, -0.2) is 0 Å². The van der Waals surface area contributed by atoms with Gasteiger partial charge in [-0.2, -0.15) is 4.80 Å². The first-order valence-electron chi connectivity index (χ1n) is 8.92. The van der Waals surface area contributed by atoms with Gasteiger partial charge in [-0.05, 0) is 42.8 Å². The van der Waals surface area contributed by atoms with Gasteiger partial charge in [0, 0.05) is 0 Å². The van der Waals surface area contributed by atoms with Crippen LogP contribution in [0.1, 0.15) is 45.4 Å². The summed E-state index contributed by atoms with van der Waals surface area (Å²) in [6, 6.07) is 15.8. The van der Waals surface area contributed by atoms with Gasteiger partial charge in [-0.15, -0.1) is 10.2 Å². The fourth-order valence-corrected chi connectivity index (χ4v) is 2.72. The molecule has 0 aliphatic rings. The second kappa shape index (κ2) is 8.48. The molecule has 0 unspecified atom stereocenters. The smallest absolute Gasteiger partial charge is 0.119 e. The Labute approximate surface area is 143 Å². The highest BCUT2D eigenvalue weighted by Crippen LogP contribution is 2.17. The summed E-state index contributed by atoms with van der Waals surface area (Å²) in [6.45, 7) is 3.03. The molecule has 0 aliphatic carbocycles. The molecule has 0 radical (unpaired) electrons. The fraction of sp³-hybridized carbons (Fsp3) is 0.400. The van der Waals surface area contributed by atoms with Crippen molar-refractivity contribution in [3.63, 3.8) is 0 Å². The summed E-state index contributed by atoms with van der Waals surface area (Å²) in [5, 5.41) is 8.98. The lowest BCUT2D eigenvalue weighted by Crippen LogP contribution is -2.00. The van der Waals surface area contributed by atoms with Crippen LogP contribution >= 0.6 is 0 Å². The summed E-state index contributed by atoms with van der Waals surface area (Å²) in [7, 11) is 0. The average molecular weight is 323 g/mol. The van der Waals surface area contributed by atoms with Crippen molar-refractivity contribution in [2.24, 2.45) is 0 Å². The van der Waals surface area contributed by atoms with E-state index < -0.39 is 0 Å². The first-order valence-corrected chi connectivity index (χ1v) is 8.92. The van der Waals surface area contributed by atoms with E-state index >= 15 is 0 Å². The van der Waals surface area contributed by atoms with Crippen molar-refractivity contribution in [3.05, 3.63) is 48.5 Å². The van der Waals surface area contributed by atoms with Gasteiger partial charge in [0.05, 0.1) is 12.3 Å². The van der Waals surface area contributed by atoms with E-state index in [0.29, 0.717) is 0 Å². The van der Waals surface area contributed by atoms with E-state index in [-0.39, 0.29) is 0 Å². The lowest BCUT2D eigenvalue weighted by atomic mass is 10.1. The molecule has 2 aromatic carbocycles. The topological polar surface area (TPSA) is 39.9 Å². The Kier molecular flexibility index (Phi) is 5.83. The quantitative estimate of drug-likeness (QED) is 0.511. The summed E-state index contributed by atoms with van der Waals surface area (Å²) < 4.78 is 5.81. The summed E-state index contributed by atoms with van der Waals surface area (Å²) >= 11 is 0. The predicted molar refractivity (Wildman–Crippen MR) is 97.7 cm³/mol. The zero-order valence-electron chi connectivity index (χ0n) is 14.3. The summed E-state index contributed by atoms with van der Waals surface area (Å²) in [5.41, 5.74) is 2.75. The highest BCUT2D eigenvalue weighted by atomic mass is 16.5. The standard InChI is InChI=1S/C20H25N3O/c1-2-3-4-5-6-9-16-24-18-14-12-17(13-15-18)23-21-19-10-7-8-11-20(19)22-23/h7-8,10-15H,2-6,9,16H2,1H3. The molecule has 0 saturated heterocycles. The summed E-state index contributed by atoms with van der Waals surface area (Å²) in [5.74, 6) is 0.906. The van der Waals surface area contributed by atoms with Crippen molar-refractivity contribution in [1.29, 1.82) is 0 Å². The van der Waals surface area contributed by atoms with Gasteiger partial charge >= 0.3 is 0 Å². The number of aromatic nitrogens is 3. The number of nitrogens with zero attached hydrogens (tertiary/aromatic N) is 3. The van der Waals surface area contributed by atoms with Crippen molar-refractivity contribution >= 4 is 11.0 Å². The van der Waals surface area contributed by atoms with Gasteiger partial charge in [-0.1, -0.05) is 51.2 Å². The van der Waals surface area contributed by atoms with Crippen LogP contribution in [0.5, 0.6) is 5.75 Å². The third-order valence-electron chi connectivity index (χ3n) is 4.12. The normalized spacial score (nSPS) is 11.0. The van der Waals surface area contributed by atoms with E-state index in [9.17, 15) is 0 Å². The van der Waals surface area contributed by atoms with Crippen molar-refractivity contribution in [3.8, 4) is 11.4 Å². The van der Waals surface area contributed by atoms with E-state index in [1.54, 1.807) is 4.80 Å². The molecule has 4 nitrogen and oxygen atoms in total. The molecular formula is C20H25N3O. The van der Waals surface area contributed by atoms with Crippen LogP contribution in [0.15, 0.2) is 48.5 Å². The number of fused-ring (bicyclic) bond motifs is 1. The molecule has 1 heterocycles. The largest absolute Gasteiger partial charge is 0.494 e. The third kappa shape index (κ3) is 4.34.